The molecule has 3 heterocycles. The number of carbonyl (C=O) groups excluding carboxylic acids is 2. The first-order valence-corrected chi connectivity index (χ1v) is 9.21. The summed E-state index contributed by atoms with van der Waals surface area (Å²) in [5.74, 6) is 0.758. The number of carbonyl (C=O) groups is 2. The molecule has 2 aromatic rings. The number of ether oxygens (including phenoxy) is 1. The third-order valence-electron chi connectivity index (χ3n) is 4.68. The number of aromatic nitrogens is 4. The molecule has 1 unspecified atom stereocenters. The second-order valence-electron chi connectivity index (χ2n) is 6.64. The van der Waals surface area contributed by atoms with E-state index in [1.165, 1.54) is 13.3 Å². The number of rotatable bonds is 7. The molecule has 2 aromatic heterocycles. The van der Waals surface area contributed by atoms with Gasteiger partial charge in [0.15, 0.2) is 5.82 Å². The number of methoxy groups -OCH3 is 1. The highest BCUT2D eigenvalue weighted by Gasteiger charge is 2.30. The van der Waals surface area contributed by atoms with Crippen molar-refractivity contribution >= 4 is 11.8 Å². The minimum Gasteiger partial charge on any atom is -0.375 e. The van der Waals surface area contributed by atoms with Crippen molar-refractivity contribution in [1.82, 2.24) is 29.9 Å². The van der Waals surface area contributed by atoms with Gasteiger partial charge in [0, 0.05) is 52.3 Å². The van der Waals surface area contributed by atoms with E-state index in [1.807, 2.05) is 0 Å². The third kappa shape index (κ3) is 4.89. The van der Waals surface area contributed by atoms with Gasteiger partial charge in [-0.05, 0) is 18.9 Å². The van der Waals surface area contributed by atoms with E-state index in [-0.39, 0.29) is 24.5 Å². The van der Waals surface area contributed by atoms with E-state index in [0.29, 0.717) is 43.5 Å². The SMILES string of the molecule is COCc1nc(CCN(C(C)=O)C2CCCN(C(=O)c3ccncn3)C2)no1. The molecule has 3 rings (SSSR count). The summed E-state index contributed by atoms with van der Waals surface area (Å²) in [6, 6.07) is 1.55. The Morgan fingerprint density at radius 2 is 2.29 bits per heavy atom. The van der Waals surface area contributed by atoms with Crippen molar-refractivity contribution in [3.63, 3.8) is 0 Å². The average Bonchev–Trinajstić information content (AvgIpc) is 3.16. The van der Waals surface area contributed by atoms with E-state index < -0.39 is 0 Å². The van der Waals surface area contributed by atoms with Gasteiger partial charge in [0.05, 0.1) is 0 Å². The maximum absolute atomic E-state index is 12.7. The average molecular weight is 388 g/mol. The van der Waals surface area contributed by atoms with Crippen LogP contribution in [0.1, 0.15) is 42.0 Å². The Morgan fingerprint density at radius 1 is 1.43 bits per heavy atom. The lowest BCUT2D eigenvalue weighted by molar-refractivity contribution is -0.132. The highest BCUT2D eigenvalue weighted by molar-refractivity contribution is 5.92. The van der Waals surface area contributed by atoms with E-state index in [2.05, 4.69) is 20.1 Å². The Kier molecular flexibility index (Phi) is 6.64. The zero-order valence-corrected chi connectivity index (χ0v) is 16.1. The van der Waals surface area contributed by atoms with E-state index >= 15 is 0 Å². The lowest BCUT2D eigenvalue weighted by Gasteiger charge is -2.38. The van der Waals surface area contributed by atoms with Crippen LogP contribution in [0.5, 0.6) is 0 Å². The molecule has 0 saturated carbocycles. The summed E-state index contributed by atoms with van der Waals surface area (Å²) in [6.45, 7) is 3.38. The Morgan fingerprint density at radius 3 is 3.00 bits per heavy atom. The van der Waals surface area contributed by atoms with Crippen LogP contribution in [0, 0.1) is 0 Å². The van der Waals surface area contributed by atoms with Crippen LogP contribution in [-0.4, -0.2) is 74.5 Å². The van der Waals surface area contributed by atoms with Crippen molar-refractivity contribution in [3.8, 4) is 0 Å². The number of amides is 2. The van der Waals surface area contributed by atoms with E-state index in [9.17, 15) is 9.59 Å². The van der Waals surface area contributed by atoms with E-state index in [4.69, 9.17) is 9.26 Å². The quantitative estimate of drug-likeness (QED) is 0.681. The first-order valence-electron chi connectivity index (χ1n) is 9.21. The van der Waals surface area contributed by atoms with Gasteiger partial charge in [-0.1, -0.05) is 5.16 Å². The standard InChI is InChI=1S/C18H24N6O4/c1-13(25)24(9-6-16-21-17(11-27-2)28-22-16)14-4-3-8-23(10-14)18(26)15-5-7-19-12-20-15/h5,7,12,14H,3-4,6,8-11H2,1-2H3. The lowest BCUT2D eigenvalue weighted by Crippen LogP contribution is -2.51. The molecule has 0 radical (unpaired) electrons. The van der Waals surface area contributed by atoms with Gasteiger partial charge < -0.3 is 19.1 Å². The number of nitrogens with zero attached hydrogens (tertiary/aromatic N) is 6. The molecule has 10 heteroatoms. The molecule has 10 nitrogen and oxygen atoms in total. The molecule has 1 fully saturated rings. The zero-order chi connectivity index (χ0) is 19.9. The molecular formula is C18H24N6O4. The molecule has 1 aliphatic rings. The summed E-state index contributed by atoms with van der Waals surface area (Å²) in [5.41, 5.74) is 0.363. The van der Waals surface area contributed by atoms with Crippen molar-refractivity contribution in [2.45, 2.75) is 38.8 Å². The summed E-state index contributed by atoms with van der Waals surface area (Å²) < 4.78 is 10.0. The van der Waals surface area contributed by atoms with Crippen molar-refractivity contribution < 1.29 is 18.8 Å². The Labute approximate surface area is 162 Å². The number of hydrogen-bond donors (Lipinski definition) is 0. The van der Waals surface area contributed by atoms with Crippen LogP contribution in [0.3, 0.4) is 0 Å². The van der Waals surface area contributed by atoms with Crippen LogP contribution in [0.4, 0.5) is 0 Å². The second-order valence-corrected chi connectivity index (χ2v) is 6.64. The van der Waals surface area contributed by atoms with Crippen LogP contribution < -0.4 is 0 Å². The third-order valence-corrected chi connectivity index (χ3v) is 4.68. The number of hydrogen-bond acceptors (Lipinski definition) is 8. The number of likely N-dealkylation sites (tertiary alicyclic amines) is 1. The molecule has 0 spiro atoms. The van der Waals surface area contributed by atoms with Crippen molar-refractivity contribution in [2.24, 2.45) is 0 Å². The van der Waals surface area contributed by atoms with Crippen LogP contribution in [-0.2, 0) is 22.6 Å². The maximum Gasteiger partial charge on any atom is 0.272 e. The van der Waals surface area contributed by atoms with Gasteiger partial charge in [-0.15, -0.1) is 0 Å². The smallest absolute Gasteiger partial charge is 0.272 e. The predicted octanol–water partition coefficient (Wildman–Crippen LogP) is 0.702. The van der Waals surface area contributed by atoms with Crippen molar-refractivity contribution in [3.05, 3.63) is 36.0 Å². The first-order chi connectivity index (χ1) is 13.6. The summed E-state index contributed by atoms with van der Waals surface area (Å²) in [6.07, 6.45) is 5.05. The minimum atomic E-state index is -0.141. The normalized spacial score (nSPS) is 16.8. The van der Waals surface area contributed by atoms with Crippen LogP contribution in [0.15, 0.2) is 23.1 Å². The molecule has 1 atom stereocenters. The molecular weight excluding hydrogens is 364 g/mol. The highest BCUT2D eigenvalue weighted by atomic mass is 16.5. The molecule has 1 aliphatic heterocycles. The zero-order valence-electron chi connectivity index (χ0n) is 16.1. The topological polar surface area (TPSA) is 115 Å². The first kappa shape index (κ1) is 19.9. The lowest BCUT2D eigenvalue weighted by atomic mass is 10.0. The fraction of sp³-hybridized carbons (Fsp3) is 0.556. The Hall–Kier alpha value is -2.88. The molecule has 0 N–H and O–H groups in total. The number of piperidine rings is 1. The minimum absolute atomic E-state index is 0.0399. The van der Waals surface area contributed by atoms with E-state index in [1.54, 1.807) is 29.2 Å². The fourth-order valence-electron chi connectivity index (χ4n) is 3.36. The summed E-state index contributed by atoms with van der Waals surface area (Å²) >= 11 is 0. The summed E-state index contributed by atoms with van der Waals surface area (Å²) in [4.78, 5) is 40.6. The maximum atomic E-state index is 12.7. The predicted molar refractivity (Wildman–Crippen MR) is 97.1 cm³/mol. The monoisotopic (exact) mass is 388 g/mol. The molecule has 1 saturated heterocycles. The summed E-state index contributed by atoms with van der Waals surface area (Å²) in [7, 11) is 1.55. The molecule has 0 aliphatic carbocycles. The van der Waals surface area contributed by atoms with Gasteiger partial charge in [0.1, 0.15) is 18.6 Å². The van der Waals surface area contributed by atoms with Gasteiger partial charge in [-0.2, -0.15) is 4.98 Å². The molecule has 150 valence electrons. The molecule has 0 bridgehead atoms. The Bertz CT molecular complexity index is 796. The summed E-state index contributed by atoms with van der Waals surface area (Å²) in [5, 5.41) is 3.91. The Balaban J connectivity index is 1.62. The van der Waals surface area contributed by atoms with Crippen molar-refractivity contribution in [2.75, 3.05) is 26.7 Å². The van der Waals surface area contributed by atoms with Crippen molar-refractivity contribution in [1.29, 1.82) is 0 Å². The van der Waals surface area contributed by atoms with Gasteiger partial charge >= 0.3 is 0 Å². The fourth-order valence-corrected chi connectivity index (χ4v) is 3.36. The molecule has 28 heavy (non-hydrogen) atoms. The molecule has 0 aromatic carbocycles. The van der Waals surface area contributed by atoms with Crippen LogP contribution in [0.25, 0.3) is 0 Å². The van der Waals surface area contributed by atoms with Gasteiger partial charge in [0.25, 0.3) is 11.8 Å². The molecule has 2 amide bonds. The van der Waals surface area contributed by atoms with E-state index in [0.717, 1.165) is 12.8 Å². The van der Waals surface area contributed by atoms with Gasteiger partial charge in [-0.25, -0.2) is 9.97 Å². The van der Waals surface area contributed by atoms with Gasteiger partial charge in [0.2, 0.25) is 5.91 Å². The second kappa shape index (κ2) is 9.36. The van der Waals surface area contributed by atoms with Crippen LogP contribution in [0.2, 0.25) is 0 Å². The van der Waals surface area contributed by atoms with Crippen LogP contribution >= 0.6 is 0 Å². The van der Waals surface area contributed by atoms with Gasteiger partial charge in [-0.3, -0.25) is 9.59 Å². The highest BCUT2D eigenvalue weighted by Crippen LogP contribution is 2.18. The largest absolute Gasteiger partial charge is 0.375 e.